The smallest absolute Gasteiger partial charge is 0.0402 e. The molecule has 1 saturated heterocycles. The molecule has 1 saturated carbocycles. The summed E-state index contributed by atoms with van der Waals surface area (Å²) in [7, 11) is 0. The van der Waals surface area contributed by atoms with Crippen LogP contribution in [0.25, 0.3) is 0 Å². The lowest BCUT2D eigenvalue weighted by molar-refractivity contribution is 0.420. The third-order valence-electron chi connectivity index (χ3n) is 4.05. The fraction of sp³-hybridized carbons (Fsp3) is 0.571. The van der Waals surface area contributed by atoms with Crippen molar-refractivity contribution < 1.29 is 0 Å². The van der Waals surface area contributed by atoms with Crippen molar-refractivity contribution in [2.45, 2.75) is 37.6 Å². The number of hydrogen-bond acceptors (Lipinski definition) is 2. The van der Waals surface area contributed by atoms with Crippen LogP contribution in [-0.2, 0) is 0 Å². The van der Waals surface area contributed by atoms with Gasteiger partial charge in [-0.2, -0.15) is 0 Å². The van der Waals surface area contributed by atoms with Gasteiger partial charge >= 0.3 is 0 Å². The van der Waals surface area contributed by atoms with E-state index in [1.807, 2.05) is 0 Å². The minimum atomic E-state index is 0.370. The molecule has 2 N–H and O–H groups in total. The number of benzene rings is 1. The van der Waals surface area contributed by atoms with Crippen LogP contribution in [0.5, 0.6) is 0 Å². The Morgan fingerprint density at radius 1 is 1.12 bits per heavy atom. The van der Waals surface area contributed by atoms with Crippen LogP contribution in [0.15, 0.2) is 24.3 Å². The van der Waals surface area contributed by atoms with Crippen molar-refractivity contribution in [3.05, 3.63) is 29.8 Å². The summed E-state index contributed by atoms with van der Waals surface area (Å²) in [4.78, 5) is 2.47. The summed E-state index contributed by atoms with van der Waals surface area (Å²) in [5.41, 5.74) is 9.00. The first-order valence-corrected chi connectivity index (χ1v) is 6.44. The molecule has 2 fully saturated rings. The zero-order valence-corrected chi connectivity index (χ0v) is 9.73. The number of hydrogen-bond donors (Lipinski definition) is 1. The zero-order chi connectivity index (χ0) is 11.0. The maximum atomic E-state index is 5.99. The van der Waals surface area contributed by atoms with Gasteiger partial charge < -0.3 is 10.6 Å². The van der Waals surface area contributed by atoms with E-state index in [2.05, 4.69) is 29.2 Å². The second-order valence-corrected chi connectivity index (χ2v) is 5.18. The quantitative estimate of drug-likeness (QED) is 0.823. The number of nitrogens with zero attached hydrogens (tertiary/aromatic N) is 1. The predicted octanol–water partition coefficient (Wildman–Crippen LogP) is 2.49. The lowest BCUT2D eigenvalue weighted by Gasteiger charge is -2.31. The third-order valence-corrected chi connectivity index (χ3v) is 4.05. The van der Waals surface area contributed by atoms with E-state index in [9.17, 15) is 0 Å². The number of anilines is 1. The third kappa shape index (κ3) is 1.71. The van der Waals surface area contributed by atoms with Gasteiger partial charge in [-0.1, -0.05) is 24.6 Å². The van der Waals surface area contributed by atoms with Gasteiger partial charge in [0.2, 0.25) is 0 Å². The highest BCUT2D eigenvalue weighted by Crippen LogP contribution is 2.41. The maximum absolute atomic E-state index is 5.99. The molecule has 3 rings (SSSR count). The molecule has 1 aliphatic heterocycles. The first-order valence-electron chi connectivity index (χ1n) is 6.44. The van der Waals surface area contributed by atoms with E-state index in [0.717, 1.165) is 25.4 Å². The molecule has 0 amide bonds. The Morgan fingerprint density at radius 3 is 2.56 bits per heavy atom. The standard InChI is InChI=1S/C14H20N2/c15-12-8-9-16(10-12)14-7-2-1-6-13(14)11-4-3-5-11/h1-2,6-7,11-12H,3-5,8-10,15H2. The highest BCUT2D eigenvalue weighted by Gasteiger charge is 2.26. The molecule has 0 aromatic heterocycles. The minimum Gasteiger partial charge on any atom is -0.370 e. The normalized spacial score (nSPS) is 25.8. The zero-order valence-electron chi connectivity index (χ0n) is 9.73. The maximum Gasteiger partial charge on any atom is 0.0402 e. The Hall–Kier alpha value is -1.02. The summed E-state index contributed by atoms with van der Waals surface area (Å²) >= 11 is 0. The molecular formula is C14H20N2. The van der Waals surface area contributed by atoms with Crippen LogP contribution in [0, 0.1) is 0 Å². The average Bonchev–Trinajstić information content (AvgIpc) is 2.63. The molecule has 1 aliphatic carbocycles. The van der Waals surface area contributed by atoms with Gasteiger partial charge in [-0.25, -0.2) is 0 Å². The predicted molar refractivity (Wildman–Crippen MR) is 67.8 cm³/mol. The highest BCUT2D eigenvalue weighted by molar-refractivity contribution is 5.56. The molecule has 1 heterocycles. The van der Waals surface area contributed by atoms with Crippen LogP contribution < -0.4 is 10.6 Å². The summed E-state index contributed by atoms with van der Waals surface area (Å²) in [5.74, 6) is 0.813. The van der Waals surface area contributed by atoms with Crippen LogP contribution in [-0.4, -0.2) is 19.1 Å². The van der Waals surface area contributed by atoms with E-state index in [0.29, 0.717) is 6.04 Å². The first kappa shape index (κ1) is 10.2. The van der Waals surface area contributed by atoms with Gasteiger partial charge in [0.25, 0.3) is 0 Å². The van der Waals surface area contributed by atoms with Crippen molar-refractivity contribution in [3.8, 4) is 0 Å². The van der Waals surface area contributed by atoms with E-state index in [1.165, 1.54) is 24.9 Å². The Morgan fingerprint density at radius 2 is 1.94 bits per heavy atom. The van der Waals surface area contributed by atoms with Gasteiger partial charge in [0.1, 0.15) is 0 Å². The lowest BCUT2D eigenvalue weighted by atomic mass is 9.79. The largest absolute Gasteiger partial charge is 0.370 e. The molecule has 0 spiro atoms. The van der Waals surface area contributed by atoms with Crippen LogP contribution >= 0.6 is 0 Å². The molecule has 2 nitrogen and oxygen atoms in total. The van der Waals surface area contributed by atoms with E-state index in [1.54, 1.807) is 5.56 Å². The Labute approximate surface area is 97.4 Å². The average molecular weight is 216 g/mol. The Bertz CT molecular complexity index is 371. The molecule has 0 bridgehead atoms. The van der Waals surface area contributed by atoms with Crippen LogP contribution in [0.3, 0.4) is 0 Å². The highest BCUT2D eigenvalue weighted by atomic mass is 15.2. The second-order valence-electron chi connectivity index (χ2n) is 5.18. The monoisotopic (exact) mass is 216 g/mol. The van der Waals surface area contributed by atoms with Gasteiger partial charge in [-0.3, -0.25) is 0 Å². The minimum absolute atomic E-state index is 0.370. The fourth-order valence-corrected chi connectivity index (χ4v) is 2.85. The topological polar surface area (TPSA) is 29.3 Å². The summed E-state index contributed by atoms with van der Waals surface area (Å²) in [6.45, 7) is 2.16. The molecule has 2 heteroatoms. The molecule has 1 aromatic carbocycles. The van der Waals surface area contributed by atoms with Crippen molar-refractivity contribution >= 4 is 5.69 Å². The Kier molecular flexibility index (Phi) is 2.60. The van der Waals surface area contributed by atoms with Gasteiger partial charge in [0.15, 0.2) is 0 Å². The van der Waals surface area contributed by atoms with Crippen LogP contribution in [0.1, 0.15) is 37.2 Å². The molecule has 1 unspecified atom stereocenters. The van der Waals surface area contributed by atoms with Gasteiger partial charge in [-0.05, 0) is 36.8 Å². The van der Waals surface area contributed by atoms with E-state index in [-0.39, 0.29) is 0 Å². The van der Waals surface area contributed by atoms with Crippen molar-refractivity contribution in [1.82, 2.24) is 0 Å². The number of nitrogens with two attached hydrogens (primary N) is 1. The molecule has 2 aliphatic rings. The lowest BCUT2D eigenvalue weighted by Crippen LogP contribution is -2.27. The number of para-hydroxylation sites is 1. The van der Waals surface area contributed by atoms with Crippen molar-refractivity contribution in [3.63, 3.8) is 0 Å². The second kappa shape index (κ2) is 4.10. The molecule has 16 heavy (non-hydrogen) atoms. The SMILES string of the molecule is NC1CCN(c2ccccc2C2CCC2)C1. The van der Waals surface area contributed by atoms with E-state index in [4.69, 9.17) is 5.73 Å². The molecule has 0 radical (unpaired) electrons. The van der Waals surface area contributed by atoms with Crippen LogP contribution in [0.4, 0.5) is 5.69 Å². The fourth-order valence-electron chi connectivity index (χ4n) is 2.85. The van der Waals surface area contributed by atoms with Crippen molar-refractivity contribution in [2.75, 3.05) is 18.0 Å². The summed E-state index contributed by atoms with van der Waals surface area (Å²) in [6, 6.07) is 9.28. The van der Waals surface area contributed by atoms with Gasteiger partial charge in [0.05, 0.1) is 0 Å². The molecule has 86 valence electrons. The van der Waals surface area contributed by atoms with Crippen molar-refractivity contribution in [1.29, 1.82) is 0 Å². The first-order chi connectivity index (χ1) is 7.84. The molecule has 1 aromatic rings. The van der Waals surface area contributed by atoms with Crippen LogP contribution in [0.2, 0.25) is 0 Å². The van der Waals surface area contributed by atoms with E-state index < -0.39 is 0 Å². The molecule has 1 atom stereocenters. The number of rotatable bonds is 2. The van der Waals surface area contributed by atoms with Crippen molar-refractivity contribution in [2.24, 2.45) is 5.73 Å². The van der Waals surface area contributed by atoms with E-state index >= 15 is 0 Å². The summed E-state index contributed by atoms with van der Waals surface area (Å²) in [5, 5.41) is 0. The van der Waals surface area contributed by atoms with Gasteiger partial charge in [-0.15, -0.1) is 0 Å². The molecular weight excluding hydrogens is 196 g/mol. The Balaban J connectivity index is 1.87. The summed E-state index contributed by atoms with van der Waals surface area (Å²) < 4.78 is 0. The summed E-state index contributed by atoms with van der Waals surface area (Å²) in [6.07, 6.45) is 5.28. The van der Waals surface area contributed by atoms with Gasteiger partial charge in [0, 0.05) is 24.8 Å².